The second-order valence-electron chi connectivity index (χ2n) is 1.92. The van der Waals surface area contributed by atoms with Crippen LogP contribution in [0.5, 0.6) is 0 Å². The maximum absolute atomic E-state index is 10.6. The molecule has 11 heavy (non-hydrogen) atoms. The Kier molecular flexibility index (Phi) is 11.1. The van der Waals surface area contributed by atoms with Crippen LogP contribution < -0.4 is 5.40 Å². The van der Waals surface area contributed by atoms with E-state index in [1.54, 1.807) is 6.92 Å². The Morgan fingerprint density at radius 3 is 2.36 bits per heavy atom. The van der Waals surface area contributed by atoms with E-state index in [1.165, 1.54) is 0 Å². The second-order valence-corrected chi connectivity index (χ2v) is 1.92. The van der Waals surface area contributed by atoms with Gasteiger partial charge in [0.15, 0.2) is 0 Å². The van der Waals surface area contributed by atoms with Gasteiger partial charge in [0.2, 0.25) is 0 Å². The van der Waals surface area contributed by atoms with Crippen LogP contribution in [0.1, 0.15) is 20.3 Å². The van der Waals surface area contributed by atoms with Crippen molar-refractivity contribution in [3.63, 3.8) is 0 Å². The highest BCUT2D eigenvalue weighted by Gasteiger charge is 1.99. The lowest BCUT2D eigenvalue weighted by Crippen LogP contribution is -2.04. The molecule has 0 saturated carbocycles. The van der Waals surface area contributed by atoms with Crippen LogP contribution in [0.4, 0.5) is 0 Å². The lowest BCUT2D eigenvalue weighted by molar-refractivity contribution is -0.138. The van der Waals surface area contributed by atoms with Crippen molar-refractivity contribution in [1.82, 2.24) is 0 Å². The Morgan fingerprint density at radius 1 is 1.64 bits per heavy atom. The number of carbonyl (C=O) groups excluding carboxylic acids is 1. The Labute approximate surface area is 71.1 Å². The summed E-state index contributed by atoms with van der Waals surface area (Å²) in [5, 5.41) is 4.64. The summed E-state index contributed by atoms with van der Waals surface area (Å²) in [6, 6.07) is 0. The maximum atomic E-state index is 10.6. The van der Waals surface area contributed by atoms with Gasteiger partial charge in [-0.25, -0.2) is 4.79 Å². The molecule has 0 bridgehead atoms. The van der Waals surface area contributed by atoms with Crippen molar-refractivity contribution in [2.24, 2.45) is 5.40 Å². The molecule has 0 unspecified atom stereocenters. The van der Waals surface area contributed by atoms with E-state index in [4.69, 9.17) is 4.74 Å². The van der Waals surface area contributed by atoms with Gasteiger partial charge in [-0.2, -0.15) is 0 Å². The predicted molar refractivity (Wildman–Crippen MR) is 50.2 cm³/mol. The van der Waals surface area contributed by atoms with E-state index in [0.29, 0.717) is 12.2 Å². The van der Waals surface area contributed by atoms with Gasteiger partial charge in [-0.05, 0) is 13.3 Å². The standard InChI is InChI=1S/C7H12O2.H5NSi/c1-4-5-9-7(8)6(2)3;1-2/h2,4-5H2,1,3H3;1H2,2H3. The number of hydrogen-bond donors (Lipinski definition) is 1. The molecule has 0 atom stereocenters. The molecule has 66 valence electrons. The summed E-state index contributed by atoms with van der Waals surface area (Å²) in [5.74, 6) is -0.295. The summed E-state index contributed by atoms with van der Waals surface area (Å²) < 4.78 is 4.71. The molecule has 0 amide bonds. The number of hydrogen-bond acceptors (Lipinski definition) is 3. The first kappa shape index (κ1) is 13.0. The number of rotatable bonds is 3. The van der Waals surface area contributed by atoms with Crippen molar-refractivity contribution < 1.29 is 9.53 Å². The van der Waals surface area contributed by atoms with Gasteiger partial charge in [0.1, 0.15) is 0 Å². The molecule has 0 rings (SSSR count). The van der Waals surface area contributed by atoms with Gasteiger partial charge in [-0.15, -0.1) is 0 Å². The van der Waals surface area contributed by atoms with Gasteiger partial charge in [-0.3, -0.25) is 0 Å². The van der Waals surface area contributed by atoms with Gasteiger partial charge in [0, 0.05) is 5.57 Å². The zero-order chi connectivity index (χ0) is 9.28. The van der Waals surface area contributed by atoms with Crippen LogP contribution in [0.3, 0.4) is 0 Å². The molecular formula is C7H17NO2Si. The molecule has 0 aromatic carbocycles. The van der Waals surface area contributed by atoms with Crippen molar-refractivity contribution in [2.45, 2.75) is 20.3 Å². The average molecular weight is 175 g/mol. The summed E-state index contributed by atoms with van der Waals surface area (Å²) in [6.45, 7) is 7.51. The average Bonchev–Trinajstić information content (AvgIpc) is 2.03. The molecule has 0 aliphatic heterocycles. The van der Waals surface area contributed by atoms with Crippen LogP contribution in [-0.4, -0.2) is 23.0 Å². The summed E-state index contributed by atoms with van der Waals surface area (Å²) in [7, 11) is 0.806. The van der Waals surface area contributed by atoms with Gasteiger partial charge in [0.25, 0.3) is 0 Å². The second kappa shape index (κ2) is 9.39. The molecule has 3 nitrogen and oxygen atoms in total. The quantitative estimate of drug-likeness (QED) is 0.365. The molecule has 2 N–H and O–H groups in total. The molecule has 0 aliphatic carbocycles. The van der Waals surface area contributed by atoms with Gasteiger partial charge < -0.3 is 10.1 Å². The Morgan fingerprint density at radius 2 is 2.09 bits per heavy atom. The minimum Gasteiger partial charge on any atom is -0.462 e. The minimum atomic E-state index is -0.295. The third kappa shape index (κ3) is 9.39. The highest BCUT2D eigenvalue weighted by molar-refractivity contribution is 6.02. The lowest BCUT2D eigenvalue weighted by Gasteiger charge is -1.99. The highest BCUT2D eigenvalue weighted by atomic mass is 28.2. The SMILES string of the molecule is C=C(C)C(=O)OCCC.N[SiH3]. The molecule has 0 radical (unpaired) electrons. The third-order valence-electron chi connectivity index (χ3n) is 0.786. The number of nitrogens with two attached hydrogens (primary N) is 1. The van der Waals surface area contributed by atoms with Crippen molar-refractivity contribution in [2.75, 3.05) is 6.61 Å². The smallest absolute Gasteiger partial charge is 0.333 e. The van der Waals surface area contributed by atoms with Crippen LogP contribution in [-0.2, 0) is 9.53 Å². The van der Waals surface area contributed by atoms with Crippen LogP contribution in [0.2, 0.25) is 0 Å². The molecular weight excluding hydrogens is 158 g/mol. The van der Waals surface area contributed by atoms with Gasteiger partial charge in [-0.1, -0.05) is 13.5 Å². The van der Waals surface area contributed by atoms with Crippen molar-refractivity contribution in [3.05, 3.63) is 12.2 Å². The number of carbonyl (C=O) groups is 1. The normalized spacial score (nSPS) is 7.91. The van der Waals surface area contributed by atoms with Crippen molar-refractivity contribution in [1.29, 1.82) is 0 Å². The van der Waals surface area contributed by atoms with Crippen molar-refractivity contribution in [3.8, 4) is 0 Å². The van der Waals surface area contributed by atoms with Crippen LogP contribution >= 0.6 is 0 Å². The van der Waals surface area contributed by atoms with Gasteiger partial charge >= 0.3 is 5.97 Å². The number of ether oxygens (including phenoxy) is 1. The Balaban J connectivity index is 0. The maximum Gasteiger partial charge on any atom is 0.333 e. The molecule has 0 fully saturated rings. The fourth-order valence-electron chi connectivity index (χ4n) is 0.318. The van der Waals surface area contributed by atoms with Crippen LogP contribution in [0, 0.1) is 0 Å². The van der Waals surface area contributed by atoms with E-state index in [0.717, 1.165) is 16.8 Å². The van der Waals surface area contributed by atoms with Crippen molar-refractivity contribution >= 4 is 16.4 Å². The summed E-state index contributed by atoms with van der Waals surface area (Å²) in [4.78, 5) is 10.6. The summed E-state index contributed by atoms with van der Waals surface area (Å²) >= 11 is 0. The Bertz CT molecular complexity index is 126. The van der Waals surface area contributed by atoms with E-state index in [-0.39, 0.29) is 5.97 Å². The zero-order valence-electron chi connectivity index (χ0n) is 7.52. The van der Waals surface area contributed by atoms with E-state index in [2.05, 4.69) is 12.0 Å². The van der Waals surface area contributed by atoms with E-state index in [9.17, 15) is 4.79 Å². The first-order chi connectivity index (χ1) is 5.18. The van der Waals surface area contributed by atoms with Crippen LogP contribution in [0.25, 0.3) is 0 Å². The minimum absolute atomic E-state index is 0.295. The summed E-state index contributed by atoms with van der Waals surface area (Å²) in [6.07, 6.45) is 0.860. The van der Waals surface area contributed by atoms with Crippen LogP contribution in [0.15, 0.2) is 12.2 Å². The van der Waals surface area contributed by atoms with E-state index >= 15 is 0 Å². The zero-order valence-corrected chi connectivity index (χ0v) is 9.52. The topological polar surface area (TPSA) is 52.3 Å². The van der Waals surface area contributed by atoms with E-state index < -0.39 is 0 Å². The molecule has 0 aromatic heterocycles. The fourth-order valence-corrected chi connectivity index (χ4v) is 0.318. The lowest BCUT2D eigenvalue weighted by atomic mass is 10.4. The Hall–Kier alpha value is -0.613. The third-order valence-corrected chi connectivity index (χ3v) is 0.786. The highest BCUT2D eigenvalue weighted by Crippen LogP contribution is 1.91. The number of esters is 1. The molecule has 0 spiro atoms. The predicted octanol–water partition coefficient (Wildman–Crippen LogP) is -0.259. The van der Waals surface area contributed by atoms with E-state index in [1.807, 2.05) is 6.92 Å². The molecule has 0 saturated heterocycles. The first-order valence-corrected chi connectivity index (χ1v) is 4.74. The fraction of sp³-hybridized carbons (Fsp3) is 0.571. The molecule has 0 aromatic rings. The molecule has 0 heterocycles. The largest absolute Gasteiger partial charge is 0.462 e. The molecule has 0 aliphatic rings. The van der Waals surface area contributed by atoms with Gasteiger partial charge in [0.05, 0.1) is 17.0 Å². The first-order valence-electron chi connectivity index (χ1n) is 3.58. The summed E-state index contributed by atoms with van der Waals surface area (Å²) in [5.41, 5.74) is 0.462. The molecule has 4 heteroatoms. The monoisotopic (exact) mass is 175 g/mol.